The average Bonchev–Trinajstić information content (AvgIpc) is 3.48. The van der Waals surface area contributed by atoms with E-state index >= 15 is 0 Å². The number of hydrogen-bond acceptors (Lipinski definition) is 6. The number of fused-ring (bicyclic) bond motifs is 1. The van der Waals surface area contributed by atoms with Gasteiger partial charge in [-0.2, -0.15) is 0 Å². The van der Waals surface area contributed by atoms with Crippen molar-refractivity contribution < 1.29 is 4.79 Å². The Balaban J connectivity index is 1.47. The van der Waals surface area contributed by atoms with Gasteiger partial charge in [-0.15, -0.1) is 10.2 Å². The van der Waals surface area contributed by atoms with Gasteiger partial charge in [-0.25, -0.2) is 0 Å². The highest BCUT2D eigenvalue weighted by Gasteiger charge is 2.32. The summed E-state index contributed by atoms with van der Waals surface area (Å²) >= 11 is 0. The zero-order valence-corrected chi connectivity index (χ0v) is 18.5. The van der Waals surface area contributed by atoms with Crippen LogP contribution in [-0.2, 0) is 0 Å². The fourth-order valence-electron chi connectivity index (χ4n) is 4.28. The molecule has 4 rings (SSSR count). The van der Waals surface area contributed by atoms with Crippen LogP contribution in [0.2, 0.25) is 0 Å². The van der Waals surface area contributed by atoms with Crippen LogP contribution in [0.3, 0.4) is 0 Å². The van der Waals surface area contributed by atoms with E-state index in [0.29, 0.717) is 12.1 Å². The van der Waals surface area contributed by atoms with E-state index in [4.69, 9.17) is 0 Å². The molecule has 1 N–H and O–H groups in total. The predicted octanol–water partition coefficient (Wildman–Crippen LogP) is 1.50. The molecular formula is C22H35N7O. The molecule has 2 fully saturated rings. The standard InChI is InChI=1S/C22H35N7O/c1-4-27(5-2)11-10-23-22(30)18-8-9-20-24-25-21(29(20)15-18)19-16-28(13-12-26(19)3)14-17-6-7-17/h8-9,15,17,19H,4-7,10-14,16H2,1-3H3,(H,23,30)/t19-/m0/s1. The van der Waals surface area contributed by atoms with Gasteiger partial charge in [-0.3, -0.25) is 19.0 Å². The molecule has 8 heteroatoms. The number of piperazine rings is 1. The molecule has 0 bridgehead atoms. The Bertz CT molecular complexity index is 858. The Morgan fingerprint density at radius 2 is 2.00 bits per heavy atom. The van der Waals surface area contributed by atoms with Crippen LogP contribution in [0.15, 0.2) is 18.3 Å². The fraction of sp³-hybridized carbons (Fsp3) is 0.682. The molecule has 1 saturated heterocycles. The molecule has 1 amide bonds. The van der Waals surface area contributed by atoms with E-state index < -0.39 is 0 Å². The zero-order valence-electron chi connectivity index (χ0n) is 18.5. The molecule has 0 radical (unpaired) electrons. The van der Waals surface area contributed by atoms with Gasteiger partial charge in [0.05, 0.1) is 11.6 Å². The minimum Gasteiger partial charge on any atom is -0.351 e. The van der Waals surface area contributed by atoms with Crippen LogP contribution in [0.5, 0.6) is 0 Å². The molecule has 3 heterocycles. The SMILES string of the molecule is CCN(CC)CCNC(=O)c1ccc2nnc([C@@H]3CN(CC4CC4)CCN3C)n2c1. The monoisotopic (exact) mass is 413 g/mol. The minimum atomic E-state index is -0.0453. The van der Waals surface area contributed by atoms with Crippen LogP contribution in [-0.4, -0.2) is 94.6 Å². The molecule has 0 spiro atoms. The molecule has 164 valence electrons. The minimum absolute atomic E-state index is 0.0453. The molecule has 2 aromatic rings. The van der Waals surface area contributed by atoms with Crippen LogP contribution in [0.25, 0.3) is 5.65 Å². The van der Waals surface area contributed by atoms with Crippen molar-refractivity contribution in [3.63, 3.8) is 0 Å². The van der Waals surface area contributed by atoms with Crippen LogP contribution >= 0.6 is 0 Å². The predicted molar refractivity (Wildman–Crippen MR) is 118 cm³/mol. The van der Waals surface area contributed by atoms with Crippen molar-refractivity contribution in [2.45, 2.75) is 32.7 Å². The van der Waals surface area contributed by atoms with Crippen molar-refractivity contribution >= 4 is 11.6 Å². The van der Waals surface area contributed by atoms with Gasteiger partial charge in [0, 0.05) is 45.5 Å². The topological polar surface area (TPSA) is 69.0 Å². The van der Waals surface area contributed by atoms with Crippen molar-refractivity contribution in [1.29, 1.82) is 0 Å². The molecule has 2 aromatic heterocycles. The van der Waals surface area contributed by atoms with Crippen LogP contribution in [0.1, 0.15) is 48.9 Å². The molecule has 2 aliphatic rings. The van der Waals surface area contributed by atoms with Crippen molar-refractivity contribution in [1.82, 2.24) is 34.6 Å². The van der Waals surface area contributed by atoms with Gasteiger partial charge in [-0.05, 0) is 51.0 Å². The van der Waals surface area contributed by atoms with Gasteiger partial charge in [0.2, 0.25) is 0 Å². The van der Waals surface area contributed by atoms with Gasteiger partial charge >= 0.3 is 0 Å². The molecular weight excluding hydrogens is 378 g/mol. The van der Waals surface area contributed by atoms with Crippen molar-refractivity contribution in [2.75, 3.05) is 59.4 Å². The van der Waals surface area contributed by atoms with E-state index in [1.165, 1.54) is 19.4 Å². The lowest BCUT2D eigenvalue weighted by molar-refractivity contribution is 0.0869. The van der Waals surface area contributed by atoms with Crippen LogP contribution in [0, 0.1) is 5.92 Å². The van der Waals surface area contributed by atoms with Crippen LogP contribution in [0.4, 0.5) is 0 Å². The number of amides is 1. The third-order valence-electron chi connectivity index (χ3n) is 6.54. The number of aromatic nitrogens is 3. The highest BCUT2D eigenvalue weighted by Crippen LogP contribution is 2.32. The first kappa shape index (κ1) is 21.2. The first-order chi connectivity index (χ1) is 14.6. The lowest BCUT2D eigenvalue weighted by atomic mass is 10.1. The van der Waals surface area contributed by atoms with Gasteiger partial charge in [0.25, 0.3) is 5.91 Å². The lowest BCUT2D eigenvalue weighted by Gasteiger charge is -2.38. The number of rotatable bonds is 9. The highest BCUT2D eigenvalue weighted by atomic mass is 16.1. The van der Waals surface area contributed by atoms with E-state index in [2.05, 4.69) is 51.1 Å². The summed E-state index contributed by atoms with van der Waals surface area (Å²) in [6.45, 7) is 12.1. The Morgan fingerprint density at radius 1 is 1.20 bits per heavy atom. The summed E-state index contributed by atoms with van der Waals surface area (Å²) in [5, 5.41) is 11.9. The van der Waals surface area contributed by atoms with E-state index in [-0.39, 0.29) is 11.9 Å². The quantitative estimate of drug-likeness (QED) is 0.672. The van der Waals surface area contributed by atoms with Gasteiger partial charge in [0.1, 0.15) is 0 Å². The molecule has 1 aliphatic carbocycles. The van der Waals surface area contributed by atoms with Gasteiger partial charge in [0.15, 0.2) is 11.5 Å². The second-order valence-corrected chi connectivity index (χ2v) is 8.69. The second kappa shape index (κ2) is 9.41. The average molecular weight is 414 g/mol. The largest absolute Gasteiger partial charge is 0.351 e. The Kier molecular flexibility index (Phi) is 6.65. The molecule has 1 saturated carbocycles. The van der Waals surface area contributed by atoms with Crippen molar-refractivity contribution in [3.8, 4) is 0 Å². The summed E-state index contributed by atoms with van der Waals surface area (Å²) in [4.78, 5) is 19.9. The third kappa shape index (κ3) is 4.82. The first-order valence-corrected chi connectivity index (χ1v) is 11.4. The summed E-state index contributed by atoms with van der Waals surface area (Å²) in [6, 6.07) is 3.92. The zero-order chi connectivity index (χ0) is 21.1. The summed E-state index contributed by atoms with van der Waals surface area (Å²) in [7, 11) is 2.16. The molecule has 0 unspecified atom stereocenters. The number of hydrogen-bond donors (Lipinski definition) is 1. The van der Waals surface area contributed by atoms with Gasteiger partial charge in [-0.1, -0.05) is 13.8 Å². The number of carbonyl (C=O) groups excluding carboxylic acids is 1. The summed E-state index contributed by atoms with van der Waals surface area (Å²) in [5.41, 5.74) is 1.44. The van der Waals surface area contributed by atoms with Crippen molar-refractivity contribution in [3.05, 3.63) is 29.7 Å². The van der Waals surface area contributed by atoms with E-state index in [9.17, 15) is 4.79 Å². The molecule has 1 aliphatic heterocycles. The maximum absolute atomic E-state index is 12.7. The number of carbonyl (C=O) groups is 1. The fourth-order valence-corrected chi connectivity index (χ4v) is 4.28. The number of likely N-dealkylation sites (N-methyl/N-ethyl adjacent to an activating group) is 2. The molecule has 1 atom stereocenters. The summed E-state index contributed by atoms with van der Waals surface area (Å²) in [5.74, 6) is 1.76. The Hall–Kier alpha value is -2.03. The van der Waals surface area contributed by atoms with Crippen LogP contribution < -0.4 is 5.32 Å². The number of nitrogens with zero attached hydrogens (tertiary/aromatic N) is 6. The maximum Gasteiger partial charge on any atom is 0.252 e. The maximum atomic E-state index is 12.7. The molecule has 30 heavy (non-hydrogen) atoms. The molecule has 0 aromatic carbocycles. The highest BCUT2D eigenvalue weighted by molar-refractivity contribution is 5.94. The normalized spacial score (nSPS) is 20.9. The van der Waals surface area contributed by atoms with E-state index in [1.54, 1.807) is 0 Å². The van der Waals surface area contributed by atoms with E-state index in [1.807, 2.05) is 22.7 Å². The Labute approximate surface area is 179 Å². The Morgan fingerprint density at radius 3 is 2.73 bits per heavy atom. The second-order valence-electron chi connectivity index (χ2n) is 8.69. The van der Waals surface area contributed by atoms with Crippen molar-refractivity contribution in [2.24, 2.45) is 5.92 Å². The first-order valence-electron chi connectivity index (χ1n) is 11.4. The summed E-state index contributed by atoms with van der Waals surface area (Å²) < 4.78 is 2.00. The van der Waals surface area contributed by atoms with Gasteiger partial charge < -0.3 is 10.2 Å². The third-order valence-corrected chi connectivity index (χ3v) is 6.54. The number of nitrogens with one attached hydrogen (secondary N) is 1. The summed E-state index contributed by atoms with van der Waals surface area (Å²) in [6.07, 6.45) is 4.64. The smallest absolute Gasteiger partial charge is 0.252 e. The lowest BCUT2D eigenvalue weighted by Crippen LogP contribution is -2.47. The number of pyridine rings is 1. The van der Waals surface area contributed by atoms with E-state index in [0.717, 1.165) is 56.7 Å². The molecule has 8 nitrogen and oxygen atoms in total.